The van der Waals surface area contributed by atoms with Crippen LogP contribution in [0.15, 0.2) is 28.9 Å². The fourth-order valence-electron chi connectivity index (χ4n) is 1.06. The molecule has 1 nitrogen and oxygen atoms in total. The quantitative estimate of drug-likeness (QED) is 0.588. The zero-order valence-electron chi connectivity index (χ0n) is 10.0. The van der Waals surface area contributed by atoms with Gasteiger partial charge in [-0.3, -0.25) is 4.99 Å². The third-order valence-corrected chi connectivity index (χ3v) is 2.22. The van der Waals surface area contributed by atoms with Crippen LogP contribution < -0.4 is 0 Å². The predicted molar refractivity (Wildman–Crippen MR) is 65.8 cm³/mol. The maximum absolute atomic E-state index is 4.34. The summed E-state index contributed by atoms with van der Waals surface area (Å²) in [6.45, 7) is 12.1. The second kappa shape index (κ2) is 7.54. The maximum Gasteiger partial charge on any atom is 0.0362 e. The Bertz CT molecular complexity index is 219. The average molecular weight is 193 g/mol. The van der Waals surface area contributed by atoms with Gasteiger partial charge in [0.1, 0.15) is 0 Å². The lowest BCUT2D eigenvalue weighted by atomic mass is 10.2. The Morgan fingerprint density at radius 2 is 2.00 bits per heavy atom. The smallest absolute Gasteiger partial charge is 0.0362 e. The van der Waals surface area contributed by atoms with Gasteiger partial charge >= 0.3 is 0 Å². The Hall–Kier alpha value is -0.850. The van der Waals surface area contributed by atoms with Gasteiger partial charge in [-0.15, -0.1) is 0 Å². The summed E-state index contributed by atoms with van der Waals surface area (Å²) in [6, 6.07) is 0. The highest BCUT2D eigenvalue weighted by atomic mass is 14.8. The van der Waals surface area contributed by atoms with Crippen LogP contribution in [0, 0.1) is 5.92 Å². The lowest BCUT2D eigenvalue weighted by Gasteiger charge is -1.96. The number of rotatable bonds is 4. The molecule has 0 bridgehead atoms. The summed E-state index contributed by atoms with van der Waals surface area (Å²) in [5, 5.41) is 0. The number of hydrogen-bond donors (Lipinski definition) is 0. The van der Waals surface area contributed by atoms with Crippen molar-refractivity contribution in [1.29, 1.82) is 0 Å². The number of allylic oxidation sites excluding steroid dienone is 3. The predicted octanol–water partition coefficient (Wildman–Crippen LogP) is 4.36. The molecule has 1 saturated carbocycles. The van der Waals surface area contributed by atoms with Crippen molar-refractivity contribution in [2.45, 2.75) is 47.0 Å². The largest absolute Gasteiger partial charge is 0.261 e. The zero-order valence-corrected chi connectivity index (χ0v) is 10.0. The summed E-state index contributed by atoms with van der Waals surface area (Å²) < 4.78 is 0. The van der Waals surface area contributed by atoms with E-state index in [1.54, 1.807) is 0 Å². The topological polar surface area (TPSA) is 12.4 Å². The van der Waals surface area contributed by atoms with E-state index in [4.69, 9.17) is 0 Å². The van der Waals surface area contributed by atoms with E-state index in [9.17, 15) is 0 Å². The molecule has 1 aliphatic rings. The molecule has 14 heavy (non-hydrogen) atoms. The van der Waals surface area contributed by atoms with Crippen molar-refractivity contribution in [3.8, 4) is 0 Å². The van der Waals surface area contributed by atoms with Gasteiger partial charge in [0.05, 0.1) is 0 Å². The third kappa shape index (κ3) is 5.00. The van der Waals surface area contributed by atoms with E-state index in [-0.39, 0.29) is 0 Å². The molecule has 0 unspecified atom stereocenters. The van der Waals surface area contributed by atoms with E-state index >= 15 is 0 Å². The molecule has 1 fully saturated rings. The molecule has 0 aromatic rings. The normalized spacial score (nSPS) is 16.4. The van der Waals surface area contributed by atoms with Gasteiger partial charge in [-0.05, 0) is 31.8 Å². The fraction of sp³-hybridized carbons (Fsp3) is 0.615. The van der Waals surface area contributed by atoms with E-state index in [2.05, 4.69) is 24.6 Å². The van der Waals surface area contributed by atoms with Crippen molar-refractivity contribution in [1.82, 2.24) is 0 Å². The molecule has 0 atom stereocenters. The first-order valence-corrected chi connectivity index (χ1v) is 5.66. The van der Waals surface area contributed by atoms with Crippen molar-refractivity contribution < 1.29 is 0 Å². The van der Waals surface area contributed by atoms with Crippen LogP contribution in [0.1, 0.15) is 47.0 Å². The number of hydrogen-bond acceptors (Lipinski definition) is 1. The molecule has 1 aliphatic carbocycles. The number of aliphatic imine (C=N–C) groups is 1. The van der Waals surface area contributed by atoms with Gasteiger partial charge < -0.3 is 0 Å². The molecule has 0 spiro atoms. The third-order valence-electron chi connectivity index (χ3n) is 2.22. The van der Waals surface area contributed by atoms with E-state index in [0.29, 0.717) is 5.92 Å². The first-order valence-electron chi connectivity index (χ1n) is 5.66. The van der Waals surface area contributed by atoms with Gasteiger partial charge in [0.25, 0.3) is 0 Å². The summed E-state index contributed by atoms with van der Waals surface area (Å²) in [4.78, 5) is 4.34. The van der Waals surface area contributed by atoms with Gasteiger partial charge in [-0.2, -0.15) is 0 Å². The molecule has 0 amide bonds. The van der Waals surface area contributed by atoms with E-state index in [0.717, 1.165) is 12.1 Å². The minimum absolute atomic E-state index is 0.691. The van der Waals surface area contributed by atoms with Crippen molar-refractivity contribution >= 4 is 6.21 Å². The second-order valence-corrected chi connectivity index (χ2v) is 3.24. The molecule has 0 N–H and O–H groups in total. The minimum atomic E-state index is 0.691. The Morgan fingerprint density at radius 3 is 2.36 bits per heavy atom. The first kappa shape index (κ1) is 13.2. The lowest BCUT2D eigenvalue weighted by molar-refractivity contribution is 0.990. The molecule has 0 saturated heterocycles. The minimum Gasteiger partial charge on any atom is -0.261 e. The molecule has 1 rings (SSSR count). The first-order chi connectivity index (χ1) is 6.77. The molecule has 1 heteroatoms. The van der Waals surface area contributed by atoms with Crippen LogP contribution in [0.2, 0.25) is 0 Å². The van der Waals surface area contributed by atoms with Gasteiger partial charge in [0.15, 0.2) is 0 Å². The zero-order chi connectivity index (χ0) is 11.0. The van der Waals surface area contributed by atoms with Gasteiger partial charge in [0, 0.05) is 17.8 Å². The molecule has 0 aromatic heterocycles. The van der Waals surface area contributed by atoms with Crippen LogP contribution in [0.5, 0.6) is 0 Å². The van der Waals surface area contributed by atoms with E-state index in [1.807, 2.05) is 27.0 Å². The summed E-state index contributed by atoms with van der Waals surface area (Å²) in [5.41, 5.74) is 2.35. The van der Waals surface area contributed by atoms with Crippen LogP contribution in [0.25, 0.3) is 0 Å². The standard InChI is InChI=1S/C11H17N.C2H6/c1-4-10(5-2)8-12-9(3)11-6-7-11;1-2/h4,8,11H,3,5-7H2,1-2H3;1-2H3/b10-4-,12-8?;. The molecular weight excluding hydrogens is 170 g/mol. The van der Waals surface area contributed by atoms with Crippen LogP contribution in [0.4, 0.5) is 0 Å². The molecule has 0 heterocycles. The Balaban J connectivity index is 0.000000791. The SMILES string of the molecule is C=C(N=C/C(=C\C)CC)C1CC1.CC. The highest BCUT2D eigenvalue weighted by molar-refractivity contribution is 5.79. The molecule has 80 valence electrons. The van der Waals surface area contributed by atoms with Gasteiger partial charge in [-0.1, -0.05) is 33.4 Å². The molecular formula is C13H23N. The van der Waals surface area contributed by atoms with Gasteiger partial charge in [-0.25, -0.2) is 0 Å². The Morgan fingerprint density at radius 1 is 1.43 bits per heavy atom. The highest BCUT2D eigenvalue weighted by Gasteiger charge is 2.23. The van der Waals surface area contributed by atoms with Gasteiger partial charge in [0.2, 0.25) is 0 Å². The number of nitrogens with zero attached hydrogens (tertiary/aromatic N) is 1. The van der Waals surface area contributed by atoms with Crippen LogP contribution in [-0.4, -0.2) is 6.21 Å². The lowest BCUT2D eigenvalue weighted by Crippen LogP contribution is -1.84. The Kier molecular flexibility index (Phi) is 7.09. The molecule has 0 radical (unpaired) electrons. The van der Waals surface area contributed by atoms with E-state index < -0.39 is 0 Å². The Labute approximate surface area is 88.6 Å². The van der Waals surface area contributed by atoms with Crippen molar-refractivity contribution in [2.24, 2.45) is 10.9 Å². The second-order valence-electron chi connectivity index (χ2n) is 3.24. The van der Waals surface area contributed by atoms with Crippen molar-refractivity contribution in [3.63, 3.8) is 0 Å². The monoisotopic (exact) mass is 193 g/mol. The average Bonchev–Trinajstić information content (AvgIpc) is 3.05. The molecule has 0 aromatic carbocycles. The van der Waals surface area contributed by atoms with Crippen LogP contribution in [-0.2, 0) is 0 Å². The van der Waals surface area contributed by atoms with Crippen molar-refractivity contribution in [3.05, 3.63) is 23.9 Å². The summed E-state index contributed by atoms with van der Waals surface area (Å²) in [6.07, 6.45) is 7.67. The fourth-order valence-corrected chi connectivity index (χ4v) is 1.06. The van der Waals surface area contributed by atoms with Crippen LogP contribution in [0.3, 0.4) is 0 Å². The maximum atomic E-state index is 4.34. The summed E-state index contributed by atoms with van der Waals surface area (Å²) in [7, 11) is 0. The summed E-state index contributed by atoms with van der Waals surface area (Å²) in [5.74, 6) is 0.691. The van der Waals surface area contributed by atoms with Crippen molar-refractivity contribution in [2.75, 3.05) is 0 Å². The molecule has 0 aliphatic heterocycles. The highest BCUT2D eigenvalue weighted by Crippen LogP contribution is 2.35. The summed E-state index contributed by atoms with van der Waals surface area (Å²) >= 11 is 0. The van der Waals surface area contributed by atoms with E-state index in [1.165, 1.54) is 18.4 Å². The van der Waals surface area contributed by atoms with Crippen LogP contribution >= 0.6 is 0 Å².